The third-order valence-corrected chi connectivity index (χ3v) is 4.43. The van der Waals surface area contributed by atoms with Crippen LogP contribution in [0.5, 0.6) is 0 Å². The van der Waals surface area contributed by atoms with Gasteiger partial charge < -0.3 is 4.42 Å². The predicted molar refractivity (Wildman–Crippen MR) is 106 cm³/mol. The number of rotatable bonds is 4. The molecular weight excluding hydrogens is 352 g/mol. The van der Waals surface area contributed by atoms with E-state index in [9.17, 15) is 10.1 Å². The van der Waals surface area contributed by atoms with E-state index in [0.717, 1.165) is 16.7 Å². The van der Waals surface area contributed by atoms with Gasteiger partial charge in [0.15, 0.2) is 0 Å². The van der Waals surface area contributed by atoms with Gasteiger partial charge in [-0.1, -0.05) is 54.6 Å². The van der Waals surface area contributed by atoms with Crippen LogP contribution in [0.3, 0.4) is 0 Å². The molecule has 4 aromatic rings. The first-order valence-electron chi connectivity index (χ1n) is 8.60. The van der Waals surface area contributed by atoms with E-state index in [0.29, 0.717) is 22.6 Å². The van der Waals surface area contributed by atoms with Crippen molar-refractivity contribution in [2.75, 3.05) is 0 Å². The van der Waals surface area contributed by atoms with Gasteiger partial charge in [-0.05, 0) is 23.8 Å². The van der Waals surface area contributed by atoms with Crippen molar-refractivity contribution in [2.24, 2.45) is 0 Å². The molecule has 0 fully saturated rings. The van der Waals surface area contributed by atoms with E-state index in [1.807, 2.05) is 48.5 Å². The molecule has 0 N–H and O–H groups in total. The highest BCUT2D eigenvalue weighted by Crippen LogP contribution is 2.39. The predicted octanol–water partition coefficient (Wildman–Crippen LogP) is 6.06. The topological polar surface area (TPSA) is 80.1 Å². The van der Waals surface area contributed by atoms with Crippen molar-refractivity contribution >= 4 is 5.69 Å². The summed E-state index contributed by atoms with van der Waals surface area (Å²) in [6.07, 6.45) is 0. The van der Waals surface area contributed by atoms with E-state index in [1.165, 1.54) is 12.1 Å². The lowest BCUT2D eigenvalue weighted by molar-refractivity contribution is -0.384. The normalized spacial score (nSPS) is 10.4. The maximum atomic E-state index is 11.1. The minimum absolute atomic E-state index is 0.00934. The number of nitrogens with zero attached hydrogens (tertiary/aromatic N) is 2. The molecular formula is C23H14N2O3. The highest BCUT2D eigenvalue weighted by atomic mass is 16.6. The molecule has 0 spiro atoms. The summed E-state index contributed by atoms with van der Waals surface area (Å²) in [6.45, 7) is 0. The minimum atomic E-state index is -0.425. The van der Waals surface area contributed by atoms with Gasteiger partial charge in [-0.25, -0.2) is 0 Å². The molecule has 1 heterocycles. The molecule has 5 nitrogen and oxygen atoms in total. The van der Waals surface area contributed by atoms with E-state index in [-0.39, 0.29) is 5.69 Å². The molecule has 0 aliphatic heterocycles. The number of nitriles is 1. The highest BCUT2D eigenvalue weighted by molar-refractivity contribution is 5.84. The quantitative estimate of drug-likeness (QED) is 0.325. The van der Waals surface area contributed by atoms with Crippen molar-refractivity contribution in [3.05, 3.63) is 101 Å². The minimum Gasteiger partial charge on any atom is -0.455 e. The molecule has 0 unspecified atom stereocenters. The Morgan fingerprint density at radius 1 is 0.821 bits per heavy atom. The van der Waals surface area contributed by atoms with Crippen molar-refractivity contribution in [3.63, 3.8) is 0 Å². The lowest BCUT2D eigenvalue weighted by Crippen LogP contribution is -1.87. The summed E-state index contributed by atoms with van der Waals surface area (Å²) in [6, 6.07) is 27.3. The zero-order valence-electron chi connectivity index (χ0n) is 14.7. The maximum Gasteiger partial charge on any atom is 0.270 e. The number of hydrogen-bond acceptors (Lipinski definition) is 4. The fourth-order valence-electron chi connectivity index (χ4n) is 3.05. The van der Waals surface area contributed by atoms with E-state index < -0.39 is 4.92 Å². The van der Waals surface area contributed by atoms with E-state index in [2.05, 4.69) is 6.07 Å². The molecule has 1 aromatic heterocycles. The molecule has 0 bridgehead atoms. The zero-order chi connectivity index (χ0) is 19.5. The van der Waals surface area contributed by atoms with E-state index in [1.54, 1.807) is 24.3 Å². The van der Waals surface area contributed by atoms with Crippen molar-refractivity contribution in [1.29, 1.82) is 5.26 Å². The van der Waals surface area contributed by atoms with Crippen LogP contribution in [0.1, 0.15) is 5.56 Å². The van der Waals surface area contributed by atoms with Gasteiger partial charge in [0.05, 0.1) is 16.6 Å². The summed E-state index contributed by atoms with van der Waals surface area (Å²) in [4.78, 5) is 10.7. The van der Waals surface area contributed by atoms with Gasteiger partial charge >= 0.3 is 0 Å². The molecule has 0 amide bonds. The first-order valence-corrected chi connectivity index (χ1v) is 8.60. The second-order valence-electron chi connectivity index (χ2n) is 6.22. The smallest absolute Gasteiger partial charge is 0.270 e. The standard InChI is InChI=1S/C23H14N2O3/c24-15-16-9-11-17(12-10-16)21-14-22(19-7-4-8-20(13-19)25(26)27)28-23(21)18-5-2-1-3-6-18/h1-14H. The van der Waals surface area contributed by atoms with Crippen LogP contribution in [-0.4, -0.2) is 4.92 Å². The first kappa shape index (κ1) is 17.3. The Morgan fingerprint density at radius 3 is 2.21 bits per heavy atom. The third-order valence-electron chi connectivity index (χ3n) is 4.43. The van der Waals surface area contributed by atoms with Crippen molar-refractivity contribution in [3.8, 4) is 39.8 Å². The molecule has 3 aromatic carbocycles. The molecule has 0 saturated carbocycles. The van der Waals surface area contributed by atoms with Gasteiger partial charge in [-0.3, -0.25) is 10.1 Å². The van der Waals surface area contributed by atoms with Crippen LogP contribution in [-0.2, 0) is 0 Å². The number of hydrogen-bond donors (Lipinski definition) is 0. The third kappa shape index (κ3) is 3.27. The van der Waals surface area contributed by atoms with Crippen molar-refractivity contribution < 1.29 is 9.34 Å². The summed E-state index contributed by atoms with van der Waals surface area (Å²) in [5, 5.41) is 20.1. The molecule has 28 heavy (non-hydrogen) atoms. The van der Waals surface area contributed by atoms with Crippen LogP contribution in [0.15, 0.2) is 89.3 Å². The number of nitro groups is 1. The summed E-state index contributed by atoms with van der Waals surface area (Å²) < 4.78 is 6.15. The van der Waals surface area contributed by atoms with Crippen LogP contribution in [0.2, 0.25) is 0 Å². The van der Waals surface area contributed by atoms with Crippen LogP contribution < -0.4 is 0 Å². The molecule has 5 heteroatoms. The molecule has 0 atom stereocenters. The summed E-state index contributed by atoms with van der Waals surface area (Å²) >= 11 is 0. The second-order valence-corrected chi connectivity index (χ2v) is 6.22. The lowest BCUT2D eigenvalue weighted by Gasteiger charge is -2.03. The zero-order valence-corrected chi connectivity index (χ0v) is 14.7. The Balaban J connectivity index is 1.88. The Hall–Kier alpha value is -4.17. The second kappa shape index (κ2) is 7.22. The number of furan rings is 1. The average molecular weight is 366 g/mol. The largest absolute Gasteiger partial charge is 0.455 e. The average Bonchev–Trinajstić information content (AvgIpc) is 3.20. The van der Waals surface area contributed by atoms with Gasteiger partial charge in [-0.2, -0.15) is 5.26 Å². The monoisotopic (exact) mass is 366 g/mol. The van der Waals surface area contributed by atoms with Crippen molar-refractivity contribution in [1.82, 2.24) is 0 Å². The van der Waals surface area contributed by atoms with Crippen LogP contribution in [0.25, 0.3) is 33.8 Å². The molecule has 0 radical (unpaired) electrons. The van der Waals surface area contributed by atoms with Gasteiger partial charge in [0, 0.05) is 28.8 Å². The fourth-order valence-corrected chi connectivity index (χ4v) is 3.05. The summed E-state index contributed by atoms with van der Waals surface area (Å²) in [5.74, 6) is 1.22. The SMILES string of the molecule is N#Cc1ccc(-c2cc(-c3cccc([N+](=O)[O-])c3)oc2-c2ccccc2)cc1. The van der Waals surface area contributed by atoms with Gasteiger partial charge in [0.1, 0.15) is 11.5 Å². The van der Waals surface area contributed by atoms with Crippen LogP contribution >= 0.6 is 0 Å². The number of benzene rings is 3. The molecule has 4 rings (SSSR count). The highest BCUT2D eigenvalue weighted by Gasteiger charge is 2.17. The van der Waals surface area contributed by atoms with Gasteiger partial charge in [-0.15, -0.1) is 0 Å². The fraction of sp³-hybridized carbons (Fsp3) is 0. The molecule has 0 aliphatic carbocycles. The Morgan fingerprint density at radius 2 is 1.54 bits per heavy atom. The maximum absolute atomic E-state index is 11.1. The number of non-ortho nitro benzene ring substituents is 1. The summed E-state index contributed by atoms with van der Waals surface area (Å²) in [7, 11) is 0. The molecule has 0 aliphatic rings. The summed E-state index contributed by atoms with van der Waals surface area (Å²) in [5.41, 5.74) is 3.88. The Labute approximate surface area is 161 Å². The Bertz CT molecular complexity index is 1190. The van der Waals surface area contributed by atoms with Crippen LogP contribution in [0.4, 0.5) is 5.69 Å². The van der Waals surface area contributed by atoms with E-state index >= 15 is 0 Å². The van der Waals surface area contributed by atoms with Crippen molar-refractivity contribution in [2.45, 2.75) is 0 Å². The van der Waals surface area contributed by atoms with E-state index in [4.69, 9.17) is 9.68 Å². The molecule has 134 valence electrons. The molecule has 0 saturated heterocycles. The van der Waals surface area contributed by atoms with Crippen LogP contribution in [0, 0.1) is 21.4 Å². The van der Waals surface area contributed by atoms with Gasteiger partial charge in [0.2, 0.25) is 0 Å². The lowest BCUT2D eigenvalue weighted by atomic mass is 10.0. The Kier molecular flexibility index (Phi) is 4.45. The first-order chi connectivity index (χ1) is 13.7. The van der Waals surface area contributed by atoms with Gasteiger partial charge in [0.25, 0.3) is 5.69 Å². The number of nitro benzene ring substituents is 1.